The maximum atomic E-state index is 4.50. The molecule has 26 heavy (non-hydrogen) atoms. The fraction of sp³-hybridized carbons (Fsp3) is 0.760. The first-order valence-corrected chi connectivity index (χ1v) is 11.4. The topological polar surface area (TPSA) is 12.0 Å². The zero-order chi connectivity index (χ0) is 18.1. The molecule has 0 amide bonds. The number of rotatable bonds is 4. The second kappa shape index (κ2) is 8.05. The lowest BCUT2D eigenvalue weighted by molar-refractivity contribution is 0.209. The van der Waals surface area contributed by atoms with Gasteiger partial charge >= 0.3 is 0 Å². The average Bonchev–Trinajstić information content (AvgIpc) is 2.66. The number of nitrogens with one attached hydrogen (secondary N) is 1. The Morgan fingerprint density at radius 1 is 1.23 bits per heavy atom. The van der Waals surface area contributed by atoms with Crippen molar-refractivity contribution < 1.29 is 0 Å². The highest BCUT2D eigenvalue weighted by molar-refractivity contribution is 5.20. The van der Waals surface area contributed by atoms with Gasteiger partial charge in [-0.05, 0) is 93.3 Å². The molecule has 1 heterocycles. The highest BCUT2D eigenvalue weighted by Gasteiger charge is 2.36. The summed E-state index contributed by atoms with van der Waals surface area (Å²) in [6, 6.07) is 0.722. The second-order valence-electron chi connectivity index (χ2n) is 9.77. The van der Waals surface area contributed by atoms with Gasteiger partial charge in [0, 0.05) is 12.6 Å². The molecule has 4 rings (SSSR count). The van der Waals surface area contributed by atoms with Crippen molar-refractivity contribution in [2.75, 3.05) is 6.54 Å². The molecule has 0 aromatic heterocycles. The molecule has 0 bridgehead atoms. The summed E-state index contributed by atoms with van der Waals surface area (Å²) >= 11 is 0. The zero-order valence-corrected chi connectivity index (χ0v) is 17.1. The fourth-order valence-electron chi connectivity index (χ4n) is 6.50. The van der Waals surface area contributed by atoms with E-state index in [-0.39, 0.29) is 0 Å². The van der Waals surface area contributed by atoms with Crippen LogP contribution in [0.2, 0.25) is 0 Å². The second-order valence-corrected chi connectivity index (χ2v) is 9.77. The molecule has 1 heteroatoms. The predicted octanol–water partition coefficient (Wildman–Crippen LogP) is 6.29. The summed E-state index contributed by atoms with van der Waals surface area (Å²) < 4.78 is 0. The quantitative estimate of drug-likeness (QED) is 0.586. The first-order valence-electron chi connectivity index (χ1n) is 11.4. The zero-order valence-electron chi connectivity index (χ0n) is 17.1. The molecule has 1 saturated heterocycles. The van der Waals surface area contributed by atoms with E-state index in [1.54, 1.807) is 11.1 Å². The third kappa shape index (κ3) is 3.75. The van der Waals surface area contributed by atoms with Crippen LogP contribution in [0.15, 0.2) is 36.0 Å². The SMILES string of the molecule is C=C1CC2C=CCCC2CC1CCC1CC=C2C(C)CNC(CC)C2C1. The van der Waals surface area contributed by atoms with Crippen molar-refractivity contribution in [2.45, 2.75) is 77.7 Å². The Hall–Kier alpha value is -0.820. The minimum atomic E-state index is 0.722. The number of hydrogen-bond donors (Lipinski definition) is 1. The van der Waals surface area contributed by atoms with E-state index in [4.69, 9.17) is 0 Å². The van der Waals surface area contributed by atoms with Crippen LogP contribution >= 0.6 is 0 Å². The smallest absolute Gasteiger partial charge is 0.0130 e. The largest absolute Gasteiger partial charge is 0.313 e. The predicted molar refractivity (Wildman–Crippen MR) is 112 cm³/mol. The van der Waals surface area contributed by atoms with Crippen LogP contribution in [0.1, 0.15) is 71.6 Å². The van der Waals surface area contributed by atoms with Crippen LogP contribution in [0, 0.1) is 35.5 Å². The van der Waals surface area contributed by atoms with E-state index in [0.29, 0.717) is 0 Å². The van der Waals surface area contributed by atoms with Crippen molar-refractivity contribution in [2.24, 2.45) is 35.5 Å². The minimum Gasteiger partial charge on any atom is -0.313 e. The third-order valence-corrected chi connectivity index (χ3v) is 8.16. The third-order valence-electron chi connectivity index (χ3n) is 8.16. The van der Waals surface area contributed by atoms with E-state index in [0.717, 1.165) is 41.5 Å². The van der Waals surface area contributed by atoms with Crippen LogP contribution < -0.4 is 5.32 Å². The molecule has 1 nitrogen and oxygen atoms in total. The molecule has 1 N–H and O–H groups in total. The monoisotopic (exact) mass is 353 g/mol. The molecule has 0 radical (unpaired) electrons. The maximum absolute atomic E-state index is 4.50. The molecule has 0 spiro atoms. The van der Waals surface area contributed by atoms with Crippen LogP contribution in [0.4, 0.5) is 0 Å². The first kappa shape index (κ1) is 18.5. The molecular weight excluding hydrogens is 314 g/mol. The molecule has 1 aliphatic heterocycles. The summed E-state index contributed by atoms with van der Waals surface area (Å²) in [6.07, 6.45) is 19.8. The lowest BCUT2D eigenvalue weighted by atomic mass is 9.65. The van der Waals surface area contributed by atoms with Crippen LogP contribution in [-0.2, 0) is 0 Å². The Kier molecular flexibility index (Phi) is 5.74. The van der Waals surface area contributed by atoms with Crippen LogP contribution in [0.25, 0.3) is 0 Å². The van der Waals surface area contributed by atoms with Crippen LogP contribution in [-0.4, -0.2) is 12.6 Å². The Balaban J connectivity index is 1.34. The normalized spacial score (nSPS) is 42.8. The van der Waals surface area contributed by atoms with Crippen molar-refractivity contribution in [3.8, 4) is 0 Å². The van der Waals surface area contributed by atoms with Gasteiger partial charge in [0.15, 0.2) is 0 Å². The summed E-state index contributed by atoms with van der Waals surface area (Å²) in [7, 11) is 0. The summed E-state index contributed by atoms with van der Waals surface area (Å²) in [4.78, 5) is 0. The molecule has 4 aliphatic rings. The molecule has 1 saturated carbocycles. The highest BCUT2D eigenvalue weighted by atomic mass is 14.9. The number of hydrogen-bond acceptors (Lipinski definition) is 1. The van der Waals surface area contributed by atoms with Crippen molar-refractivity contribution in [3.63, 3.8) is 0 Å². The van der Waals surface area contributed by atoms with Crippen molar-refractivity contribution >= 4 is 0 Å². The Bertz CT molecular complexity index is 571. The molecule has 3 aliphatic carbocycles. The molecule has 144 valence electrons. The number of fused-ring (bicyclic) bond motifs is 2. The van der Waals surface area contributed by atoms with Gasteiger partial charge in [-0.2, -0.15) is 0 Å². The fourth-order valence-corrected chi connectivity index (χ4v) is 6.50. The molecule has 7 atom stereocenters. The van der Waals surface area contributed by atoms with Gasteiger partial charge in [0.25, 0.3) is 0 Å². The summed E-state index contributed by atoms with van der Waals surface area (Å²) in [5.74, 6) is 5.03. The van der Waals surface area contributed by atoms with Crippen molar-refractivity contribution in [1.82, 2.24) is 5.32 Å². The molecule has 7 unspecified atom stereocenters. The summed E-state index contributed by atoms with van der Waals surface area (Å²) in [6.45, 7) is 10.5. The van der Waals surface area contributed by atoms with Gasteiger partial charge in [0.1, 0.15) is 0 Å². The Labute approximate surface area is 161 Å². The summed E-state index contributed by atoms with van der Waals surface area (Å²) in [5, 5.41) is 3.82. The van der Waals surface area contributed by atoms with Crippen molar-refractivity contribution in [3.05, 3.63) is 36.0 Å². The minimum absolute atomic E-state index is 0.722. The lowest BCUT2D eigenvalue weighted by Gasteiger charge is -2.43. The van der Waals surface area contributed by atoms with Crippen LogP contribution in [0.3, 0.4) is 0 Å². The van der Waals surface area contributed by atoms with Gasteiger partial charge in [-0.15, -0.1) is 0 Å². The average molecular weight is 354 g/mol. The lowest BCUT2D eigenvalue weighted by Crippen LogP contribution is -2.47. The summed E-state index contributed by atoms with van der Waals surface area (Å²) in [5.41, 5.74) is 3.34. The molecule has 0 aromatic rings. The van der Waals surface area contributed by atoms with Gasteiger partial charge in [-0.1, -0.05) is 49.8 Å². The van der Waals surface area contributed by atoms with Gasteiger partial charge in [0.05, 0.1) is 0 Å². The van der Waals surface area contributed by atoms with E-state index in [1.807, 2.05) is 0 Å². The highest BCUT2D eigenvalue weighted by Crippen LogP contribution is 2.45. The van der Waals surface area contributed by atoms with E-state index in [2.05, 4.69) is 44.0 Å². The first-order chi connectivity index (χ1) is 12.7. The van der Waals surface area contributed by atoms with Crippen LogP contribution in [0.5, 0.6) is 0 Å². The maximum Gasteiger partial charge on any atom is 0.0130 e. The van der Waals surface area contributed by atoms with E-state index >= 15 is 0 Å². The van der Waals surface area contributed by atoms with E-state index in [9.17, 15) is 0 Å². The molecular formula is C25H39N. The van der Waals surface area contributed by atoms with Gasteiger partial charge < -0.3 is 5.32 Å². The van der Waals surface area contributed by atoms with Gasteiger partial charge in [-0.25, -0.2) is 0 Å². The van der Waals surface area contributed by atoms with E-state index < -0.39 is 0 Å². The van der Waals surface area contributed by atoms with Crippen molar-refractivity contribution in [1.29, 1.82) is 0 Å². The molecule has 2 fully saturated rings. The van der Waals surface area contributed by atoms with E-state index in [1.165, 1.54) is 64.3 Å². The standard InChI is InChI=1S/C25H39N/c1-4-25-24-14-19(10-12-23(24)18(3)16-26-25)9-11-20-15-22-8-6-5-7-21(22)13-17(20)2/h5,7,12,18-22,24-26H,2,4,6,8-11,13-16H2,1,3H3. The number of allylic oxidation sites excluding steroid dienone is 4. The van der Waals surface area contributed by atoms with Gasteiger partial charge in [0.2, 0.25) is 0 Å². The number of piperidine rings is 1. The van der Waals surface area contributed by atoms with Gasteiger partial charge in [-0.3, -0.25) is 0 Å². The Morgan fingerprint density at radius 2 is 2.12 bits per heavy atom. The molecule has 0 aromatic carbocycles. The Morgan fingerprint density at radius 3 is 2.96 bits per heavy atom.